The second-order valence-corrected chi connectivity index (χ2v) is 10.1. The van der Waals surface area contributed by atoms with Crippen LogP contribution < -0.4 is 0 Å². The van der Waals surface area contributed by atoms with E-state index in [1.807, 2.05) is 17.0 Å². The number of aliphatic hydroxyl groups excluding tert-OH is 2. The predicted octanol–water partition coefficient (Wildman–Crippen LogP) is 3.02. The molecule has 2 fully saturated rings. The molecule has 198 valence electrons. The first-order valence-electron chi connectivity index (χ1n) is 13.0. The van der Waals surface area contributed by atoms with Crippen molar-refractivity contribution >= 4 is 12.0 Å². The van der Waals surface area contributed by atoms with Gasteiger partial charge in [-0.2, -0.15) is 0 Å². The van der Waals surface area contributed by atoms with E-state index in [-0.39, 0.29) is 42.1 Å². The summed E-state index contributed by atoms with van der Waals surface area (Å²) < 4.78 is 20.7. The van der Waals surface area contributed by atoms with Crippen molar-refractivity contribution in [3.05, 3.63) is 82.0 Å². The van der Waals surface area contributed by atoms with E-state index in [0.717, 1.165) is 38.4 Å². The lowest BCUT2D eigenvalue weighted by molar-refractivity contribution is -0.117. The quantitative estimate of drug-likeness (QED) is 0.550. The summed E-state index contributed by atoms with van der Waals surface area (Å²) >= 11 is 0. The molecule has 0 bridgehead atoms. The molecule has 0 aromatic heterocycles. The Morgan fingerprint density at radius 3 is 2.47 bits per heavy atom. The minimum Gasteiger partial charge on any atom is -0.503 e. The highest BCUT2D eigenvalue weighted by molar-refractivity contribution is 6.03. The molecule has 1 atom stereocenters. The number of morpholine rings is 1. The van der Waals surface area contributed by atoms with Gasteiger partial charge in [0.05, 0.1) is 25.0 Å². The standard InChI is InChI=1S/C30H32FN3O4/c31-27-15-22(4-1-21-2-5-23(6-3-21)17-33-11-13-38-14-12-33)7-8-26(27)24(18-34-19-25(35)20-34)16-28-30(37)29(36)9-10-32-28/h2-3,5-8,10,15,24-25,35,37H,9,11-14,16-20H2. The highest BCUT2D eigenvalue weighted by Crippen LogP contribution is 2.31. The van der Waals surface area contributed by atoms with Crippen LogP contribution in [-0.2, 0) is 16.1 Å². The van der Waals surface area contributed by atoms with Crippen molar-refractivity contribution < 1.29 is 24.1 Å². The maximum atomic E-state index is 15.3. The molecule has 8 heteroatoms. The van der Waals surface area contributed by atoms with Gasteiger partial charge in [-0.3, -0.25) is 19.6 Å². The number of carbonyl (C=O) groups is 1. The van der Waals surface area contributed by atoms with Gasteiger partial charge in [0.15, 0.2) is 5.76 Å². The summed E-state index contributed by atoms with van der Waals surface area (Å²) in [6, 6.07) is 13.1. The second-order valence-electron chi connectivity index (χ2n) is 10.1. The van der Waals surface area contributed by atoms with Crippen molar-refractivity contribution in [2.45, 2.75) is 31.4 Å². The van der Waals surface area contributed by atoms with Gasteiger partial charge in [0.25, 0.3) is 0 Å². The predicted molar refractivity (Wildman–Crippen MR) is 142 cm³/mol. The monoisotopic (exact) mass is 517 g/mol. The zero-order chi connectivity index (χ0) is 26.5. The van der Waals surface area contributed by atoms with Crippen LogP contribution in [0.3, 0.4) is 0 Å². The van der Waals surface area contributed by atoms with Gasteiger partial charge in [-0.25, -0.2) is 4.39 Å². The lowest BCUT2D eigenvalue weighted by atomic mass is 9.90. The lowest BCUT2D eigenvalue weighted by Gasteiger charge is -2.38. The van der Waals surface area contributed by atoms with Crippen molar-refractivity contribution in [3.63, 3.8) is 0 Å². The fraction of sp³-hybridized carbons (Fsp3) is 0.400. The molecule has 0 amide bonds. The Kier molecular flexibility index (Phi) is 8.30. The molecule has 7 nitrogen and oxygen atoms in total. The summed E-state index contributed by atoms with van der Waals surface area (Å²) in [7, 11) is 0. The number of aliphatic hydroxyl groups is 2. The number of aliphatic imine (C=N–C) groups is 1. The van der Waals surface area contributed by atoms with Crippen molar-refractivity contribution in [2.75, 3.05) is 45.9 Å². The molecule has 2 aromatic carbocycles. The first-order valence-corrected chi connectivity index (χ1v) is 13.0. The number of nitrogens with zero attached hydrogens (tertiary/aromatic N) is 3. The van der Waals surface area contributed by atoms with Gasteiger partial charge in [-0.1, -0.05) is 30.0 Å². The van der Waals surface area contributed by atoms with Gasteiger partial charge in [0, 0.05) is 75.4 Å². The average molecular weight is 518 g/mol. The van der Waals surface area contributed by atoms with E-state index in [2.05, 4.69) is 33.9 Å². The third-order valence-electron chi connectivity index (χ3n) is 7.17. The molecule has 2 saturated heterocycles. The lowest BCUT2D eigenvalue weighted by Crippen LogP contribution is -2.51. The number of Topliss-reactive ketones (excluding diaryl/α,β-unsaturated/α-hetero) is 1. The van der Waals surface area contributed by atoms with Crippen LogP contribution in [0.4, 0.5) is 4.39 Å². The highest BCUT2D eigenvalue weighted by Gasteiger charge is 2.30. The first-order chi connectivity index (χ1) is 18.4. The highest BCUT2D eigenvalue weighted by atomic mass is 19.1. The van der Waals surface area contributed by atoms with Crippen LogP contribution in [0.25, 0.3) is 0 Å². The minimum absolute atomic E-state index is 0.0661. The van der Waals surface area contributed by atoms with Crippen LogP contribution in [0.5, 0.6) is 0 Å². The van der Waals surface area contributed by atoms with Gasteiger partial charge < -0.3 is 14.9 Å². The SMILES string of the molecule is O=C1CC=NC(CC(CN2CC(O)C2)c2ccc(C#Cc3ccc(CN4CCOCC4)cc3)cc2F)=C1O. The largest absolute Gasteiger partial charge is 0.503 e. The maximum Gasteiger partial charge on any atom is 0.204 e. The number of ketones is 1. The third kappa shape index (κ3) is 6.55. The summed E-state index contributed by atoms with van der Waals surface area (Å²) in [6.45, 7) is 5.82. The van der Waals surface area contributed by atoms with E-state index >= 15 is 4.39 Å². The van der Waals surface area contributed by atoms with E-state index in [4.69, 9.17) is 4.74 Å². The Morgan fingerprint density at radius 1 is 1.05 bits per heavy atom. The van der Waals surface area contributed by atoms with Crippen molar-refractivity contribution in [3.8, 4) is 11.8 Å². The average Bonchev–Trinajstić information content (AvgIpc) is 2.90. The van der Waals surface area contributed by atoms with E-state index < -0.39 is 5.82 Å². The fourth-order valence-electron chi connectivity index (χ4n) is 5.01. The Bertz CT molecular complexity index is 1280. The number of rotatable bonds is 7. The van der Waals surface area contributed by atoms with Crippen LogP contribution in [0.2, 0.25) is 0 Å². The number of β-amino-alcohol motifs (C(OH)–C–C–N with tert-alkyl or cyclic N) is 1. The molecule has 3 aliphatic heterocycles. The van der Waals surface area contributed by atoms with Crippen LogP contribution in [0.1, 0.15) is 41.0 Å². The Morgan fingerprint density at radius 2 is 1.76 bits per heavy atom. The van der Waals surface area contributed by atoms with Crippen LogP contribution in [0.15, 0.2) is 58.9 Å². The molecule has 0 radical (unpaired) electrons. The molecule has 0 saturated carbocycles. The molecule has 5 rings (SSSR count). The van der Waals surface area contributed by atoms with Crippen molar-refractivity contribution in [2.24, 2.45) is 4.99 Å². The summed E-state index contributed by atoms with van der Waals surface area (Å²) in [5.41, 5.74) is 3.38. The van der Waals surface area contributed by atoms with E-state index in [1.165, 1.54) is 17.8 Å². The summed E-state index contributed by atoms with van der Waals surface area (Å²) in [5.74, 6) is 4.70. The maximum absolute atomic E-state index is 15.3. The third-order valence-corrected chi connectivity index (χ3v) is 7.17. The Balaban J connectivity index is 1.29. The van der Waals surface area contributed by atoms with Gasteiger partial charge in [0.1, 0.15) is 5.82 Å². The minimum atomic E-state index is -0.394. The number of hydrogen-bond acceptors (Lipinski definition) is 7. The van der Waals surface area contributed by atoms with Crippen molar-refractivity contribution in [1.82, 2.24) is 9.80 Å². The first kappa shape index (κ1) is 26.3. The second kappa shape index (κ2) is 12.0. The zero-order valence-corrected chi connectivity index (χ0v) is 21.3. The topological polar surface area (TPSA) is 85.6 Å². The van der Waals surface area contributed by atoms with Crippen LogP contribution >= 0.6 is 0 Å². The number of allylic oxidation sites excluding steroid dienone is 2. The van der Waals surface area contributed by atoms with Crippen LogP contribution in [0, 0.1) is 17.7 Å². The zero-order valence-electron chi connectivity index (χ0n) is 21.3. The van der Waals surface area contributed by atoms with E-state index in [9.17, 15) is 15.0 Å². The van der Waals surface area contributed by atoms with E-state index in [0.29, 0.717) is 30.8 Å². The molecular formula is C30H32FN3O4. The molecule has 38 heavy (non-hydrogen) atoms. The molecule has 1 unspecified atom stereocenters. The van der Waals surface area contributed by atoms with Crippen molar-refractivity contribution in [1.29, 1.82) is 0 Å². The van der Waals surface area contributed by atoms with E-state index in [1.54, 1.807) is 12.1 Å². The number of benzene rings is 2. The summed E-state index contributed by atoms with van der Waals surface area (Å²) in [4.78, 5) is 20.5. The number of halogens is 1. The Hall–Kier alpha value is -3.35. The number of likely N-dealkylation sites (tertiary alicyclic amines) is 1. The molecule has 3 aliphatic rings. The molecule has 2 aromatic rings. The number of ether oxygens (including phenoxy) is 1. The summed E-state index contributed by atoms with van der Waals surface area (Å²) in [6.07, 6.45) is 1.38. The molecular weight excluding hydrogens is 485 g/mol. The number of hydrogen-bond donors (Lipinski definition) is 2. The normalized spacial score (nSPS) is 19.7. The smallest absolute Gasteiger partial charge is 0.204 e. The van der Waals surface area contributed by atoms with Crippen LogP contribution in [-0.4, -0.2) is 84.1 Å². The fourth-order valence-corrected chi connectivity index (χ4v) is 5.01. The molecule has 0 spiro atoms. The number of carbonyl (C=O) groups excluding carboxylic acids is 1. The molecule has 0 aliphatic carbocycles. The Labute approximate surface area is 222 Å². The van der Waals surface area contributed by atoms with Gasteiger partial charge in [0.2, 0.25) is 5.78 Å². The summed E-state index contributed by atoms with van der Waals surface area (Å²) in [5, 5.41) is 19.9. The molecule has 3 heterocycles. The molecule has 2 N–H and O–H groups in total. The van der Waals surface area contributed by atoms with Gasteiger partial charge >= 0.3 is 0 Å². The van der Waals surface area contributed by atoms with Gasteiger partial charge in [-0.15, -0.1) is 0 Å². The van der Waals surface area contributed by atoms with Gasteiger partial charge in [-0.05, 0) is 35.4 Å².